The lowest BCUT2D eigenvalue weighted by molar-refractivity contribution is -0.134. The number of benzene rings is 1. The van der Waals surface area contributed by atoms with Crippen LogP contribution in [-0.4, -0.2) is 35.6 Å². The van der Waals surface area contributed by atoms with Crippen LogP contribution in [0.2, 0.25) is 0 Å². The van der Waals surface area contributed by atoms with Gasteiger partial charge >= 0.3 is 0 Å². The van der Waals surface area contributed by atoms with E-state index >= 15 is 0 Å². The number of rotatable bonds is 4. The van der Waals surface area contributed by atoms with Crippen LogP contribution < -0.4 is 0 Å². The highest BCUT2D eigenvalue weighted by atomic mass is 16.3. The molecule has 0 heterocycles. The van der Waals surface area contributed by atoms with Crippen LogP contribution in [0.1, 0.15) is 12.5 Å². The monoisotopic (exact) mass is 207 g/mol. The molecule has 0 aromatic heterocycles. The second kappa shape index (κ2) is 5.51. The van der Waals surface area contributed by atoms with Gasteiger partial charge in [0, 0.05) is 13.1 Å². The van der Waals surface area contributed by atoms with E-state index in [1.807, 2.05) is 37.3 Å². The van der Waals surface area contributed by atoms with Gasteiger partial charge in [0.1, 0.15) is 6.61 Å². The number of aliphatic hydroxyl groups is 1. The molecular weight excluding hydrogens is 190 g/mol. The summed E-state index contributed by atoms with van der Waals surface area (Å²) in [6.07, 6.45) is 0.809. The van der Waals surface area contributed by atoms with E-state index in [1.165, 1.54) is 5.56 Å². The average molecular weight is 207 g/mol. The van der Waals surface area contributed by atoms with Crippen molar-refractivity contribution in [2.75, 3.05) is 13.7 Å². The minimum atomic E-state index is -0.421. The SMILES string of the molecule is C[C@@H](Cc1ccccc1)N(C)C(=O)CO. The third-order valence-electron chi connectivity index (χ3n) is 2.56. The highest BCUT2D eigenvalue weighted by Gasteiger charge is 2.14. The van der Waals surface area contributed by atoms with E-state index in [9.17, 15) is 4.79 Å². The van der Waals surface area contributed by atoms with Gasteiger partial charge in [0.2, 0.25) is 5.91 Å². The maximum Gasteiger partial charge on any atom is 0.248 e. The fourth-order valence-electron chi connectivity index (χ4n) is 1.45. The Morgan fingerprint density at radius 2 is 2.00 bits per heavy atom. The molecule has 0 saturated carbocycles. The van der Waals surface area contributed by atoms with E-state index < -0.39 is 6.61 Å². The first-order chi connectivity index (χ1) is 7.15. The van der Waals surface area contributed by atoms with Crippen molar-refractivity contribution in [1.82, 2.24) is 4.90 Å². The summed E-state index contributed by atoms with van der Waals surface area (Å²) in [4.78, 5) is 12.8. The van der Waals surface area contributed by atoms with Gasteiger partial charge in [-0.1, -0.05) is 30.3 Å². The highest BCUT2D eigenvalue weighted by molar-refractivity contribution is 5.77. The molecule has 0 unspecified atom stereocenters. The topological polar surface area (TPSA) is 40.5 Å². The van der Waals surface area contributed by atoms with Gasteiger partial charge in [-0.05, 0) is 18.9 Å². The molecule has 1 amide bonds. The Balaban J connectivity index is 2.56. The van der Waals surface area contributed by atoms with Gasteiger partial charge in [0.25, 0.3) is 0 Å². The third kappa shape index (κ3) is 3.36. The van der Waals surface area contributed by atoms with Crippen molar-refractivity contribution in [3.63, 3.8) is 0 Å². The molecule has 1 N–H and O–H groups in total. The number of hydrogen-bond acceptors (Lipinski definition) is 2. The number of aliphatic hydroxyl groups excluding tert-OH is 1. The van der Waals surface area contributed by atoms with Crippen LogP contribution in [-0.2, 0) is 11.2 Å². The normalized spacial score (nSPS) is 12.2. The van der Waals surface area contributed by atoms with Crippen LogP contribution in [0.5, 0.6) is 0 Å². The molecule has 82 valence electrons. The quantitative estimate of drug-likeness (QED) is 0.802. The molecule has 0 aliphatic rings. The van der Waals surface area contributed by atoms with Gasteiger partial charge < -0.3 is 10.0 Å². The Labute approximate surface area is 90.3 Å². The predicted octanol–water partition coefficient (Wildman–Crippen LogP) is 1.07. The van der Waals surface area contributed by atoms with Crippen LogP contribution in [0.15, 0.2) is 30.3 Å². The number of carbonyl (C=O) groups is 1. The number of amides is 1. The zero-order valence-corrected chi connectivity index (χ0v) is 9.18. The van der Waals surface area contributed by atoms with Gasteiger partial charge in [0.15, 0.2) is 0 Å². The average Bonchev–Trinajstić information content (AvgIpc) is 2.28. The van der Waals surface area contributed by atoms with E-state index in [0.29, 0.717) is 0 Å². The van der Waals surface area contributed by atoms with E-state index in [-0.39, 0.29) is 11.9 Å². The summed E-state index contributed by atoms with van der Waals surface area (Å²) in [7, 11) is 1.71. The predicted molar refractivity (Wildman–Crippen MR) is 59.5 cm³/mol. The lowest BCUT2D eigenvalue weighted by atomic mass is 10.1. The molecule has 1 atom stereocenters. The minimum Gasteiger partial charge on any atom is -0.387 e. The van der Waals surface area contributed by atoms with Crippen LogP contribution >= 0.6 is 0 Å². The van der Waals surface area contributed by atoms with Crippen molar-refractivity contribution >= 4 is 5.91 Å². The van der Waals surface area contributed by atoms with Crippen molar-refractivity contribution in [2.45, 2.75) is 19.4 Å². The number of likely N-dealkylation sites (N-methyl/N-ethyl adjacent to an activating group) is 1. The standard InChI is InChI=1S/C12H17NO2/c1-10(13(2)12(15)9-14)8-11-6-4-3-5-7-11/h3-7,10,14H,8-9H2,1-2H3/t10-/m0/s1. The maximum atomic E-state index is 11.2. The third-order valence-corrected chi connectivity index (χ3v) is 2.56. The number of hydrogen-bond donors (Lipinski definition) is 1. The maximum absolute atomic E-state index is 11.2. The largest absolute Gasteiger partial charge is 0.387 e. The lowest BCUT2D eigenvalue weighted by Crippen LogP contribution is -2.38. The molecule has 0 saturated heterocycles. The van der Waals surface area contributed by atoms with Crippen LogP contribution in [0.25, 0.3) is 0 Å². The summed E-state index contributed by atoms with van der Waals surface area (Å²) in [5.41, 5.74) is 1.20. The molecule has 0 aliphatic heterocycles. The van der Waals surface area contributed by atoms with Crippen molar-refractivity contribution in [3.05, 3.63) is 35.9 Å². The minimum absolute atomic E-state index is 0.104. The zero-order valence-electron chi connectivity index (χ0n) is 9.18. The van der Waals surface area contributed by atoms with E-state index in [4.69, 9.17) is 5.11 Å². The van der Waals surface area contributed by atoms with Gasteiger partial charge in [-0.25, -0.2) is 0 Å². The highest BCUT2D eigenvalue weighted by Crippen LogP contribution is 2.07. The van der Waals surface area contributed by atoms with E-state index in [2.05, 4.69) is 0 Å². The molecule has 15 heavy (non-hydrogen) atoms. The number of carbonyl (C=O) groups excluding carboxylic acids is 1. The first kappa shape index (κ1) is 11.7. The molecule has 0 radical (unpaired) electrons. The van der Waals surface area contributed by atoms with Crippen LogP contribution in [0.4, 0.5) is 0 Å². The van der Waals surface area contributed by atoms with Gasteiger partial charge in [-0.3, -0.25) is 4.79 Å². The molecule has 0 spiro atoms. The van der Waals surface area contributed by atoms with Crippen molar-refractivity contribution in [3.8, 4) is 0 Å². The van der Waals surface area contributed by atoms with Crippen molar-refractivity contribution in [2.24, 2.45) is 0 Å². The fourth-order valence-corrected chi connectivity index (χ4v) is 1.45. The van der Waals surface area contributed by atoms with Gasteiger partial charge in [-0.15, -0.1) is 0 Å². The second-order valence-electron chi connectivity index (χ2n) is 3.70. The molecule has 1 rings (SSSR count). The van der Waals surface area contributed by atoms with E-state index in [0.717, 1.165) is 6.42 Å². The van der Waals surface area contributed by atoms with Gasteiger partial charge in [0.05, 0.1) is 0 Å². The summed E-state index contributed by atoms with van der Waals surface area (Å²) in [6, 6.07) is 10.1. The van der Waals surface area contributed by atoms with Gasteiger partial charge in [-0.2, -0.15) is 0 Å². The Morgan fingerprint density at radius 1 is 1.40 bits per heavy atom. The zero-order chi connectivity index (χ0) is 11.3. The summed E-state index contributed by atoms with van der Waals surface area (Å²) < 4.78 is 0. The summed E-state index contributed by atoms with van der Waals surface area (Å²) >= 11 is 0. The smallest absolute Gasteiger partial charge is 0.248 e. The summed E-state index contributed by atoms with van der Waals surface area (Å²) in [5, 5.41) is 8.73. The van der Waals surface area contributed by atoms with Crippen LogP contribution in [0.3, 0.4) is 0 Å². The van der Waals surface area contributed by atoms with E-state index in [1.54, 1.807) is 11.9 Å². The molecule has 3 heteroatoms. The molecule has 0 bridgehead atoms. The molecular formula is C12H17NO2. The molecule has 1 aromatic rings. The first-order valence-electron chi connectivity index (χ1n) is 5.05. The molecule has 3 nitrogen and oxygen atoms in total. The first-order valence-corrected chi connectivity index (χ1v) is 5.05. The molecule has 0 aliphatic carbocycles. The summed E-state index contributed by atoms with van der Waals surface area (Å²) in [6.45, 7) is 1.55. The molecule has 1 aromatic carbocycles. The molecule has 0 fully saturated rings. The number of nitrogens with zero attached hydrogens (tertiary/aromatic N) is 1. The van der Waals surface area contributed by atoms with Crippen molar-refractivity contribution in [1.29, 1.82) is 0 Å². The Hall–Kier alpha value is -1.35. The Bertz CT molecular complexity index is 311. The second-order valence-corrected chi connectivity index (χ2v) is 3.70. The van der Waals surface area contributed by atoms with Crippen molar-refractivity contribution < 1.29 is 9.90 Å². The lowest BCUT2D eigenvalue weighted by Gasteiger charge is -2.24. The van der Waals surface area contributed by atoms with Crippen LogP contribution in [0, 0.1) is 0 Å². The Morgan fingerprint density at radius 3 is 2.53 bits per heavy atom. The Kier molecular flexibility index (Phi) is 4.31. The summed E-state index contributed by atoms with van der Waals surface area (Å²) in [5.74, 6) is -0.238. The fraction of sp³-hybridized carbons (Fsp3) is 0.417.